The van der Waals surface area contributed by atoms with Gasteiger partial charge in [0.15, 0.2) is 0 Å². The molecule has 0 radical (unpaired) electrons. The molecule has 0 aliphatic heterocycles. The van der Waals surface area contributed by atoms with E-state index in [4.69, 9.17) is 0 Å². The molecular weight excluding hydrogens is 174 g/mol. The Balaban J connectivity index is 1.68. The number of hydrogen-bond donors (Lipinski definition) is 2. The molecule has 1 aromatic rings. The maximum atomic E-state index is 4.18. The van der Waals surface area contributed by atoms with E-state index in [0.29, 0.717) is 0 Å². The molecule has 1 fully saturated rings. The zero-order valence-electron chi connectivity index (χ0n) is 8.79. The smallest absolute Gasteiger partial charge is 0.120 e. The Labute approximate surface area is 85.3 Å². The molecular formula is C11H19N3. The van der Waals surface area contributed by atoms with Crippen molar-refractivity contribution in [3.63, 3.8) is 0 Å². The van der Waals surface area contributed by atoms with Gasteiger partial charge in [-0.15, -0.1) is 0 Å². The summed E-state index contributed by atoms with van der Waals surface area (Å²) >= 11 is 0. The topological polar surface area (TPSA) is 40.7 Å². The number of nitrogens with one attached hydrogen (secondary N) is 2. The number of H-pyrrole nitrogens is 1. The second-order valence-electron chi connectivity index (χ2n) is 4.34. The molecule has 0 bridgehead atoms. The van der Waals surface area contributed by atoms with Crippen LogP contribution in [0.15, 0.2) is 12.4 Å². The number of hydrogen-bond acceptors (Lipinski definition) is 2. The molecule has 0 spiro atoms. The summed E-state index contributed by atoms with van der Waals surface area (Å²) in [4.78, 5) is 7.28. The fourth-order valence-electron chi connectivity index (χ4n) is 2.30. The highest BCUT2D eigenvalue weighted by molar-refractivity contribution is 4.86. The number of aromatic nitrogens is 2. The molecule has 0 saturated heterocycles. The van der Waals surface area contributed by atoms with Gasteiger partial charge >= 0.3 is 0 Å². The summed E-state index contributed by atoms with van der Waals surface area (Å²) in [7, 11) is 0. The quantitative estimate of drug-likeness (QED) is 0.767. The standard InChI is InChI=1S/C11H19N3/c1-9-3-2-4-10(9)7-12-8-11-13-5-6-14-11/h5-6,9-10,12H,2-4,7-8H2,1H3,(H,13,14). The molecule has 1 saturated carbocycles. The number of nitrogens with zero attached hydrogens (tertiary/aromatic N) is 1. The van der Waals surface area contributed by atoms with Crippen LogP contribution in [0.3, 0.4) is 0 Å². The van der Waals surface area contributed by atoms with Crippen molar-refractivity contribution in [1.29, 1.82) is 0 Å². The van der Waals surface area contributed by atoms with Crippen LogP contribution in [0.1, 0.15) is 32.0 Å². The molecule has 1 aromatic heterocycles. The lowest BCUT2D eigenvalue weighted by molar-refractivity contribution is 0.390. The first kappa shape index (κ1) is 9.71. The van der Waals surface area contributed by atoms with Crippen LogP contribution in [-0.4, -0.2) is 16.5 Å². The van der Waals surface area contributed by atoms with E-state index >= 15 is 0 Å². The molecule has 2 unspecified atom stereocenters. The van der Waals surface area contributed by atoms with E-state index < -0.39 is 0 Å². The fourth-order valence-corrected chi connectivity index (χ4v) is 2.30. The van der Waals surface area contributed by atoms with E-state index in [1.54, 1.807) is 6.20 Å². The summed E-state index contributed by atoms with van der Waals surface area (Å²) in [6, 6.07) is 0. The van der Waals surface area contributed by atoms with E-state index in [1.807, 2.05) is 6.20 Å². The van der Waals surface area contributed by atoms with E-state index in [1.165, 1.54) is 19.3 Å². The Kier molecular flexibility index (Phi) is 3.19. The Morgan fingerprint density at radius 2 is 2.50 bits per heavy atom. The van der Waals surface area contributed by atoms with Gasteiger partial charge in [0.2, 0.25) is 0 Å². The minimum absolute atomic E-state index is 0.871. The van der Waals surface area contributed by atoms with E-state index in [2.05, 4.69) is 22.2 Å². The zero-order valence-corrected chi connectivity index (χ0v) is 8.79. The second kappa shape index (κ2) is 4.60. The summed E-state index contributed by atoms with van der Waals surface area (Å²) < 4.78 is 0. The van der Waals surface area contributed by atoms with Crippen molar-refractivity contribution in [3.8, 4) is 0 Å². The molecule has 78 valence electrons. The minimum Gasteiger partial charge on any atom is -0.348 e. The highest BCUT2D eigenvalue weighted by atomic mass is 15.0. The van der Waals surface area contributed by atoms with Gasteiger partial charge in [0.25, 0.3) is 0 Å². The molecule has 14 heavy (non-hydrogen) atoms. The van der Waals surface area contributed by atoms with Gasteiger partial charge in [0.1, 0.15) is 5.82 Å². The molecule has 0 aromatic carbocycles. The maximum absolute atomic E-state index is 4.18. The first-order valence-electron chi connectivity index (χ1n) is 5.55. The van der Waals surface area contributed by atoms with Gasteiger partial charge in [0.05, 0.1) is 6.54 Å². The Hall–Kier alpha value is -0.830. The third kappa shape index (κ3) is 2.35. The Bertz CT molecular complexity index is 256. The van der Waals surface area contributed by atoms with Crippen LogP contribution in [0.2, 0.25) is 0 Å². The SMILES string of the molecule is CC1CCCC1CNCc1ncc[nH]1. The fraction of sp³-hybridized carbons (Fsp3) is 0.727. The molecule has 1 heterocycles. The van der Waals surface area contributed by atoms with Crippen molar-refractivity contribution >= 4 is 0 Å². The van der Waals surface area contributed by atoms with Crippen molar-refractivity contribution in [1.82, 2.24) is 15.3 Å². The summed E-state index contributed by atoms with van der Waals surface area (Å²) in [6.07, 6.45) is 7.89. The Morgan fingerprint density at radius 1 is 1.57 bits per heavy atom. The molecule has 2 rings (SSSR count). The summed E-state index contributed by atoms with van der Waals surface area (Å²) in [6.45, 7) is 4.38. The van der Waals surface area contributed by atoms with Crippen LogP contribution in [0.4, 0.5) is 0 Å². The monoisotopic (exact) mass is 193 g/mol. The first-order valence-corrected chi connectivity index (χ1v) is 5.55. The van der Waals surface area contributed by atoms with Crippen LogP contribution in [0.5, 0.6) is 0 Å². The van der Waals surface area contributed by atoms with E-state index in [9.17, 15) is 0 Å². The van der Waals surface area contributed by atoms with E-state index in [-0.39, 0.29) is 0 Å². The van der Waals surface area contributed by atoms with Crippen molar-refractivity contribution in [2.24, 2.45) is 11.8 Å². The predicted molar refractivity (Wildman–Crippen MR) is 56.8 cm³/mol. The van der Waals surface area contributed by atoms with E-state index in [0.717, 1.165) is 30.7 Å². The third-order valence-corrected chi connectivity index (χ3v) is 3.29. The number of aromatic amines is 1. The van der Waals surface area contributed by atoms with Crippen LogP contribution < -0.4 is 5.32 Å². The molecule has 2 atom stereocenters. The summed E-state index contributed by atoms with van der Waals surface area (Å²) in [5.41, 5.74) is 0. The lowest BCUT2D eigenvalue weighted by atomic mass is 9.98. The van der Waals surface area contributed by atoms with Gasteiger partial charge in [-0.05, 0) is 24.8 Å². The van der Waals surface area contributed by atoms with Crippen molar-refractivity contribution in [2.75, 3.05) is 6.54 Å². The number of imidazole rings is 1. The third-order valence-electron chi connectivity index (χ3n) is 3.29. The first-order chi connectivity index (χ1) is 6.86. The largest absolute Gasteiger partial charge is 0.348 e. The van der Waals surface area contributed by atoms with Gasteiger partial charge in [-0.25, -0.2) is 4.98 Å². The average molecular weight is 193 g/mol. The van der Waals surface area contributed by atoms with Crippen molar-refractivity contribution < 1.29 is 0 Å². The van der Waals surface area contributed by atoms with Gasteiger partial charge in [0, 0.05) is 12.4 Å². The highest BCUT2D eigenvalue weighted by Crippen LogP contribution is 2.30. The number of rotatable bonds is 4. The maximum Gasteiger partial charge on any atom is 0.120 e. The predicted octanol–water partition coefficient (Wildman–Crippen LogP) is 1.94. The lowest BCUT2D eigenvalue weighted by Crippen LogP contribution is -2.24. The lowest BCUT2D eigenvalue weighted by Gasteiger charge is -2.15. The molecule has 1 aliphatic rings. The van der Waals surface area contributed by atoms with Gasteiger partial charge in [-0.2, -0.15) is 0 Å². The molecule has 2 N–H and O–H groups in total. The molecule has 1 aliphatic carbocycles. The normalized spacial score (nSPS) is 26.9. The zero-order chi connectivity index (χ0) is 9.80. The minimum atomic E-state index is 0.871. The second-order valence-corrected chi connectivity index (χ2v) is 4.34. The van der Waals surface area contributed by atoms with Gasteiger partial charge in [-0.1, -0.05) is 19.8 Å². The van der Waals surface area contributed by atoms with Crippen LogP contribution in [0, 0.1) is 11.8 Å². The summed E-state index contributed by atoms with van der Waals surface area (Å²) in [5.74, 6) is 2.82. The van der Waals surface area contributed by atoms with Crippen LogP contribution in [0.25, 0.3) is 0 Å². The van der Waals surface area contributed by atoms with Gasteiger partial charge in [-0.3, -0.25) is 0 Å². The average Bonchev–Trinajstić information content (AvgIpc) is 2.78. The van der Waals surface area contributed by atoms with Gasteiger partial charge < -0.3 is 10.3 Å². The highest BCUT2D eigenvalue weighted by Gasteiger charge is 2.22. The van der Waals surface area contributed by atoms with Crippen LogP contribution in [-0.2, 0) is 6.54 Å². The molecule has 3 heteroatoms. The van der Waals surface area contributed by atoms with Crippen molar-refractivity contribution in [2.45, 2.75) is 32.7 Å². The summed E-state index contributed by atoms with van der Waals surface area (Å²) in [5, 5.41) is 3.47. The Morgan fingerprint density at radius 3 is 3.14 bits per heavy atom. The van der Waals surface area contributed by atoms with Crippen molar-refractivity contribution in [3.05, 3.63) is 18.2 Å². The molecule has 3 nitrogen and oxygen atoms in total. The molecule has 0 amide bonds. The van der Waals surface area contributed by atoms with Crippen LogP contribution >= 0.6 is 0 Å².